The lowest BCUT2D eigenvalue weighted by atomic mass is 9.95. The zero-order chi connectivity index (χ0) is 14.5. The molecule has 0 radical (unpaired) electrons. The first-order valence-corrected chi connectivity index (χ1v) is 6.98. The third-order valence-corrected chi connectivity index (χ3v) is 3.81. The van der Waals surface area contributed by atoms with Crippen LogP contribution in [0.4, 0.5) is 0 Å². The van der Waals surface area contributed by atoms with Crippen molar-refractivity contribution in [3.63, 3.8) is 0 Å². The highest BCUT2D eigenvalue weighted by molar-refractivity contribution is 5.98. The maximum Gasteiger partial charge on any atom is 0.176 e. The molecule has 0 saturated carbocycles. The molecule has 1 aliphatic heterocycles. The fraction of sp³-hybridized carbons (Fsp3) is 0.533. The van der Waals surface area contributed by atoms with Crippen LogP contribution in [0.2, 0.25) is 0 Å². The van der Waals surface area contributed by atoms with Crippen LogP contribution in [-0.4, -0.2) is 52.2 Å². The van der Waals surface area contributed by atoms with E-state index < -0.39 is 0 Å². The highest BCUT2D eigenvalue weighted by Crippen LogP contribution is 2.25. The fourth-order valence-corrected chi connectivity index (χ4v) is 2.70. The molecule has 5 nitrogen and oxygen atoms in total. The number of aliphatic hydroxyl groups excluding tert-OH is 1. The van der Waals surface area contributed by atoms with Gasteiger partial charge in [-0.15, -0.1) is 0 Å². The summed E-state index contributed by atoms with van der Waals surface area (Å²) in [6.45, 7) is 2.22. The fourth-order valence-electron chi connectivity index (χ4n) is 2.70. The molecule has 1 fully saturated rings. The van der Waals surface area contributed by atoms with Crippen molar-refractivity contribution in [1.29, 1.82) is 0 Å². The summed E-state index contributed by atoms with van der Waals surface area (Å²) in [6, 6.07) is 4.15. The number of rotatable bonds is 5. The molecule has 3 N–H and O–H groups in total. The second-order valence-electron chi connectivity index (χ2n) is 5.38. The third kappa shape index (κ3) is 3.71. The van der Waals surface area contributed by atoms with Gasteiger partial charge >= 0.3 is 0 Å². The Hall–Kier alpha value is -1.59. The summed E-state index contributed by atoms with van der Waals surface area (Å²) in [4.78, 5) is 14.3. The number of aromatic hydroxyl groups is 2. The molecule has 1 aromatic carbocycles. The molecule has 0 bridgehead atoms. The molecule has 1 aromatic rings. The lowest BCUT2D eigenvalue weighted by Gasteiger charge is -2.31. The van der Waals surface area contributed by atoms with E-state index in [2.05, 4.69) is 4.90 Å². The van der Waals surface area contributed by atoms with Gasteiger partial charge in [0.05, 0.1) is 6.54 Å². The molecule has 1 atom stereocenters. The number of hydrogen-bond donors (Lipinski definition) is 3. The van der Waals surface area contributed by atoms with E-state index in [1.165, 1.54) is 18.2 Å². The topological polar surface area (TPSA) is 81.0 Å². The van der Waals surface area contributed by atoms with Crippen LogP contribution in [0.1, 0.15) is 29.6 Å². The zero-order valence-electron chi connectivity index (χ0n) is 11.5. The van der Waals surface area contributed by atoms with Gasteiger partial charge in [0.2, 0.25) is 0 Å². The Balaban J connectivity index is 1.95. The standard InChI is InChI=1S/C15H21NO4/c17-7-5-11-2-1-6-16(9-11)10-15(20)12-3-4-13(18)14(19)8-12/h3-4,8,11,17-19H,1-2,5-7,9-10H2. The van der Waals surface area contributed by atoms with E-state index in [4.69, 9.17) is 5.11 Å². The van der Waals surface area contributed by atoms with Crippen LogP contribution in [0.3, 0.4) is 0 Å². The first-order chi connectivity index (χ1) is 9.60. The average Bonchev–Trinajstić information content (AvgIpc) is 2.42. The van der Waals surface area contributed by atoms with Crippen molar-refractivity contribution < 1.29 is 20.1 Å². The average molecular weight is 279 g/mol. The van der Waals surface area contributed by atoms with E-state index >= 15 is 0 Å². The highest BCUT2D eigenvalue weighted by Gasteiger charge is 2.21. The predicted molar refractivity (Wildman–Crippen MR) is 75.0 cm³/mol. The summed E-state index contributed by atoms with van der Waals surface area (Å²) < 4.78 is 0. The van der Waals surface area contributed by atoms with Gasteiger partial charge in [-0.1, -0.05) is 0 Å². The Morgan fingerprint density at radius 2 is 2.10 bits per heavy atom. The second kappa shape index (κ2) is 6.72. The van der Waals surface area contributed by atoms with Gasteiger partial charge in [0, 0.05) is 18.7 Å². The number of phenolic OH excluding ortho intramolecular Hbond substituents is 2. The molecule has 1 unspecified atom stereocenters. The van der Waals surface area contributed by atoms with Crippen molar-refractivity contribution in [1.82, 2.24) is 4.90 Å². The molecule has 2 rings (SSSR count). The smallest absolute Gasteiger partial charge is 0.176 e. The van der Waals surface area contributed by atoms with Crippen LogP contribution >= 0.6 is 0 Å². The molecular weight excluding hydrogens is 258 g/mol. The van der Waals surface area contributed by atoms with Crippen molar-refractivity contribution in [2.75, 3.05) is 26.2 Å². The van der Waals surface area contributed by atoms with Crippen molar-refractivity contribution in [2.24, 2.45) is 5.92 Å². The Kier molecular flexibility index (Phi) is 4.98. The van der Waals surface area contributed by atoms with E-state index in [0.717, 1.165) is 32.4 Å². The molecule has 0 spiro atoms. The Morgan fingerprint density at radius 1 is 1.30 bits per heavy atom. The number of ketones is 1. The lowest BCUT2D eigenvalue weighted by Crippen LogP contribution is -2.39. The van der Waals surface area contributed by atoms with Crippen LogP contribution in [0, 0.1) is 5.92 Å². The summed E-state index contributed by atoms with van der Waals surface area (Å²) in [5.74, 6) is -0.102. The molecule has 0 amide bonds. The number of piperidine rings is 1. The molecule has 0 aliphatic carbocycles. The number of aliphatic hydroxyl groups is 1. The molecule has 5 heteroatoms. The van der Waals surface area contributed by atoms with Crippen LogP contribution in [0.25, 0.3) is 0 Å². The SMILES string of the molecule is O=C(CN1CCCC(CCO)C1)c1ccc(O)c(O)c1. The Bertz CT molecular complexity index is 473. The molecule has 1 saturated heterocycles. The minimum absolute atomic E-state index is 0.0649. The maximum atomic E-state index is 12.2. The van der Waals surface area contributed by atoms with Crippen LogP contribution in [0.5, 0.6) is 11.5 Å². The van der Waals surface area contributed by atoms with Gasteiger partial charge < -0.3 is 15.3 Å². The third-order valence-electron chi connectivity index (χ3n) is 3.81. The number of carbonyl (C=O) groups excluding carboxylic acids is 1. The summed E-state index contributed by atoms with van der Waals surface area (Å²) in [5.41, 5.74) is 0.407. The monoisotopic (exact) mass is 279 g/mol. The van der Waals surface area contributed by atoms with Gasteiger partial charge in [0.25, 0.3) is 0 Å². The first kappa shape index (κ1) is 14.8. The van der Waals surface area contributed by atoms with E-state index in [1.54, 1.807) is 0 Å². The number of benzene rings is 1. The van der Waals surface area contributed by atoms with E-state index in [9.17, 15) is 15.0 Å². The van der Waals surface area contributed by atoms with E-state index in [0.29, 0.717) is 18.0 Å². The van der Waals surface area contributed by atoms with Gasteiger partial charge in [-0.05, 0) is 49.9 Å². The summed E-state index contributed by atoms with van der Waals surface area (Å²) >= 11 is 0. The molecule has 20 heavy (non-hydrogen) atoms. The number of Topliss-reactive ketones (excluding diaryl/α,β-unsaturated/α-hetero) is 1. The molecular formula is C15H21NO4. The molecule has 1 heterocycles. The zero-order valence-corrected chi connectivity index (χ0v) is 11.5. The number of hydrogen-bond acceptors (Lipinski definition) is 5. The Morgan fingerprint density at radius 3 is 2.80 bits per heavy atom. The minimum atomic E-state index is -0.271. The van der Waals surface area contributed by atoms with Gasteiger partial charge in [-0.2, -0.15) is 0 Å². The largest absolute Gasteiger partial charge is 0.504 e. The van der Waals surface area contributed by atoms with Crippen molar-refractivity contribution in [3.05, 3.63) is 23.8 Å². The second-order valence-corrected chi connectivity index (χ2v) is 5.38. The molecule has 110 valence electrons. The summed E-state index contributed by atoms with van der Waals surface area (Å²) in [6.07, 6.45) is 2.93. The van der Waals surface area contributed by atoms with E-state index in [1.807, 2.05) is 0 Å². The van der Waals surface area contributed by atoms with Crippen LogP contribution in [-0.2, 0) is 0 Å². The van der Waals surface area contributed by atoms with Crippen molar-refractivity contribution in [2.45, 2.75) is 19.3 Å². The van der Waals surface area contributed by atoms with Crippen LogP contribution in [0.15, 0.2) is 18.2 Å². The first-order valence-electron chi connectivity index (χ1n) is 6.98. The summed E-state index contributed by atoms with van der Waals surface area (Å²) in [5, 5.41) is 27.7. The highest BCUT2D eigenvalue weighted by atomic mass is 16.3. The number of carbonyl (C=O) groups is 1. The molecule has 0 aromatic heterocycles. The Labute approximate surface area is 118 Å². The van der Waals surface area contributed by atoms with Crippen molar-refractivity contribution >= 4 is 5.78 Å². The van der Waals surface area contributed by atoms with Crippen LogP contribution < -0.4 is 0 Å². The maximum absolute atomic E-state index is 12.2. The van der Waals surface area contributed by atoms with Gasteiger partial charge in [-0.25, -0.2) is 0 Å². The minimum Gasteiger partial charge on any atom is -0.504 e. The number of nitrogens with zero attached hydrogens (tertiary/aromatic N) is 1. The van der Waals surface area contributed by atoms with Crippen molar-refractivity contribution in [3.8, 4) is 11.5 Å². The predicted octanol–water partition coefficient (Wildman–Crippen LogP) is 1.37. The number of phenols is 2. The lowest BCUT2D eigenvalue weighted by molar-refractivity contribution is 0.0871. The quantitative estimate of drug-likeness (QED) is 0.560. The summed E-state index contributed by atoms with van der Waals surface area (Å²) in [7, 11) is 0. The molecule has 1 aliphatic rings. The number of likely N-dealkylation sites (tertiary alicyclic amines) is 1. The van der Waals surface area contributed by atoms with E-state index in [-0.39, 0.29) is 23.9 Å². The van der Waals surface area contributed by atoms with Gasteiger partial charge in [0.15, 0.2) is 17.3 Å². The van der Waals surface area contributed by atoms with Gasteiger partial charge in [-0.3, -0.25) is 9.69 Å². The normalized spacial score (nSPS) is 19.9. The van der Waals surface area contributed by atoms with Gasteiger partial charge in [0.1, 0.15) is 0 Å².